The lowest BCUT2D eigenvalue weighted by Crippen LogP contribution is -2.35. The molecule has 0 aliphatic carbocycles. The molecule has 28 heavy (non-hydrogen) atoms. The molecule has 0 fully saturated rings. The molecule has 1 rings (SSSR count). The van der Waals surface area contributed by atoms with Crippen molar-refractivity contribution >= 4 is 17.9 Å². The average molecular weight is 390 g/mol. The highest BCUT2D eigenvalue weighted by Gasteiger charge is 2.27. The van der Waals surface area contributed by atoms with Crippen LogP contribution >= 0.6 is 0 Å². The van der Waals surface area contributed by atoms with Crippen molar-refractivity contribution in [3.8, 4) is 0 Å². The molecular formula is C22H30O6. The zero-order valence-corrected chi connectivity index (χ0v) is 16.8. The first-order valence-corrected chi connectivity index (χ1v) is 9.69. The summed E-state index contributed by atoms with van der Waals surface area (Å²) < 4.78 is 10.3. The van der Waals surface area contributed by atoms with Gasteiger partial charge in [0, 0.05) is 18.2 Å². The normalized spacial score (nSPS) is 21.1. The fraction of sp³-hybridized carbons (Fsp3) is 0.500. The maximum atomic E-state index is 12.1. The molecule has 0 radical (unpaired) electrons. The molecule has 0 spiro atoms. The Bertz CT molecular complexity index is 656. The summed E-state index contributed by atoms with van der Waals surface area (Å²) in [5, 5.41) is 8.71. The second-order valence-electron chi connectivity index (χ2n) is 6.93. The minimum absolute atomic E-state index is 0.434. The summed E-state index contributed by atoms with van der Waals surface area (Å²) in [7, 11) is 0. The van der Waals surface area contributed by atoms with Crippen LogP contribution in [0, 0.1) is 5.92 Å². The van der Waals surface area contributed by atoms with E-state index in [1.807, 2.05) is 6.92 Å². The SMILES string of the molecule is CCCCCC[C@H](C)/C=C(C)/C=C/C(=O)O[C@H]1C=CC(=O)O[C@H]1/C=C/C(=O)O. The third-order valence-electron chi connectivity index (χ3n) is 4.22. The van der Waals surface area contributed by atoms with Gasteiger partial charge in [0.15, 0.2) is 12.2 Å². The highest BCUT2D eigenvalue weighted by molar-refractivity contribution is 5.85. The second kappa shape index (κ2) is 12.7. The van der Waals surface area contributed by atoms with Crippen LogP contribution in [0.2, 0.25) is 0 Å². The van der Waals surface area contributed by atoms with Crippen molar-refractivity contribution in [1.29, 1.82) is 0 Å². The first-order chi connectivity index (χ1) is 13.3. The molecule has 0 aromatic rings. The highest BCUT2D eigenvalue weighted by Crippen LogP contribution is 2.16. The molecule has 0 amide bonds. The number of carboxylic acid groups (broad SMARTS) is 1. The van der Waals surface area contributed by atoms with Crippen LogP contribution in [0.3, 0.4) is 0 Å². The number of carboxylic acids is 1. The van der Waals surface area contributed by atoms with Crippen molar-refractivity contribution in [1.82, 2.24) is 0 Å². The predicted molar refractivity (Wildman–Crippen MR) is 106 cm³/mol. The second-order valence-corrected chi connectivity index (χ2v) is 6.93. The summed E-state index contributed by atoms with van der Waals surface area (Å²) in [6.07, 6.45) is 13.9. The molecule has 0 aromatic carbocycles. The molecule has 1 heterocycles. The van der Waals surface area contributed by atoms with Crippen molar-refractivity contribution in [3.63, 3.8) is 0 Å². The van der Waals surface area contributed by atoms with Crippen LogP contribution in [0.15, 0.2) is 48.1 Å². The largest absolute Gasteiger partial charge is 0.478 e. The van der Waals surface area contributed by atoms with Crippen LogP contribution in [0.5, 0.6) is 0 Å². The van der Waals surface area contributed by atoms with E-state index in [-0.39, 0.29) is 0 Å². The quantitative estimate of drug-likeness (QED) is 0.247. The van der Waals surface area contributed by atoms with Gasteiger partial charge in [-0.2, -0.15) is 0 Å². The van der Waals surface area contributed by atoms with Gasteiger partial charge in [0.25, 0.3) is 0 Å². The van der Waals surface area contributed by atoms with Gasteiger partial charge in [-0.05, 0) is 31.4 Å². The van der Waals surface area contributed by atoms with Gasteiger partial charge < -0.3 is 14.6 Å². The van der Waals surface area contributed by atoms with Crippen molar-refractivity contribution < 1.29 is 29.0 Å². The van der Waals surface area contributed by atoms with E-state index in [9.17, 15) is 14.4 Å². The standard InChI is InChI=1S/C22H30O6/c1-4-5-6-7-8-16(2)15-17(3)9-13-21(25)28-19-11-14-22(26)27-18(19)10-12-20(23)24/h9-16,18-19H,4-8H2,1-3H3,(H,23,24)/b12-10+,13-9+,17-15+/t16-,18-,19-/m0/s1. The Hall–Kier alpha value is -2.63. The molecule has 154 valence electrons. The Morgan fingerprint density at radius 1 is 1.25 bits per heavy atom. The van der Waals surface area contributed by atoms with Gasteiger partial charge in [0.05, 0.1) is 0 Å². The lowest BCUT2D eigenvalue weighted by Gasteiger charge is -2.24. The minimum atomic E-state index is -1.18. The average Bonchev–Trinajstić information content (AvgIpc) is 2.63. The Balaban J connectivity index is 2.58. The lowest BCUT2D eigenvalue weighted by atomic mass is 10.00. The molecule has 1 N–H and O–H groups in total. The number of esters is 2. The number of hydrogen-bond acceptors (Lipinski definition) is 5. The van der Waals surface area contributed by atoms with E-state index in [1.165, 1.54) is 43.9 Å². The molecule has 0 saturated carbocycles. The summed E-state index contributed by atoms with van der Waals surface area (Å²) in [6.45, 7) is 6.27. The van der Waals surface area contributed by atoms with Crippen molar-refractivity contribution in [2.75, 3.05) is 0 Å². The van der Waals surface area contributed by atoms with E-state index in [0.717, 1.165) is 24.1 Å². The third kappa shape index (κ3) is 9.90. The van der Waals surface area contributed by atoms with Crippen LogP contribution in [0.4, 0.5) is 0 Å². The van der Waals surface area contributed by atoms with E-state index in [4.69, 9.17) is 14.6 Å². The van der Waals surface area contributed by atoms with Gasteiger partial charge in [-0.15, -0.1) is 0 Å². The Morgan fingerprint density at radius 3 is 2.68 bits per heavy atom. The number of carbonyl (C=O) groups is 3. The van der Waals surface area contributed by atoms with Gasteiger partial charge in [-0.3, -0.25) is 0 Å². The van der Waals surface area contributed by atoms with Crippen molar-refractivity contribution in [2.24, 2.45) is 5.92 Å². The Labute approximate surface area is 166 Å². The number of aliphatic carboxylic acids is 1. The van der Waals surface area contributed by atoms with E-state index in [1.54, 1.807) is 6.08 Å². The molecular weight excluding hydrogens is 360 g/mol. The number of rotatable bonds is 11. The molecule has 1 aliphatic rings. The fourth-order valence-corrected chi connectivity index (χ4v) is 2.81. The van der Waals surface area contributed by atoms with Gasteiger partial charge in [0.2, 0.25) is 0 Å². The number of unbranched alkanes of at least 4 members (excludes halogenated alkanes) is 3. The van der Waals surface area contributed by atoms with Gasteiger partial charge in [-0.25, -0.2) is 14.4 Å². The van der Waals surface area contributed by atoms with Gasteiger partial charge in [-0.1, -0.05) is 57.3 Å². The Morgan fingerprint density at radius 2 is 2.00 bits per heavy atom. The van der Waals surface area contributed by atoms with Crippen LogP contribution in [-0.4, -0.2) is 35.2 Å². The van der Waals surface area contributed by atoms with Crippen molar-refractivity contribution in [2.45, 2.75) is 65.1 Å². The molecule has 0 saturated heterocycles. The van der Waals surface area contributed by atoms with E-state index >= 15 is 0 Å². The van der Waals surface area contributed by atoms with Crippen LogP contribution < -0.4 is 0 Å². The van der Waals surface area contributed by atoms with Crippen LogP contribution in [0.1, 0.15) is 52.9 Å². The first kappa shape index (κ1) is 23.4. The molecule has 6 nitrogen and oxygen atoms in total. The number of hydrogen-bond donors (Lipinski definition) is 1. The minimum Gasteiger partial charge on any atom is -0.478 e. The predicted octanol–water partition coefficient (Wildman–Crippen LogP) is 4.13. The highest BCUT2D eigenvalue weighted by atomic mass is 16.6. The molecule has 0 bridgehead atoms. The lowest BCUT2D eigenvalue weighted by molar-refractivity contribution is -0.156. The Kier molecular flexibility index (Phi) is 10.6. The summed E-state index contributed by atoms with van der Waals surface area (Å²) in [5.41, 5.74) is 0.966. The summed E-state index contributed by atoms with van der Waals surface area (Å²) in [4.78, 5) is 34.0. The van der Waals surface area contributed by atoms with E-state index in [2.05, 4.69) is 19.9 Å². The van der Waals surface area contributed by atoms with Gasteiger partial charge >= 0.3 is 17.9 Å². The zero-order chi connectivity index (χ0) is 20.9. The summed E-state index contributed by atoms with van der Waals surface area (Å²) in [6, 6.07) is 0. The summed E-state index contributed by atoms with van der Waals surface area (Å²) >= 11 is 0. The molecule has 1 aliphatic heterocycles. The summed E-state index contributed by atoms with van der Waals surface area (Å²) in [5.74, 6) is -1.96. The fourth-order valence-electron chi connectivity index (χ4n) is 2.81. The smallest absolute Gasteiger partial charge is 0.331 e. The van der Waals surface area contributed by atoms with Gasteiger partial charge in [0.1, 0.15) is 0 Å². The number of cyclic esters (lactones) is 1. The van der Waals surface area contributed by atoms with E-state index < -0.39 is 30.1 Å². The number of allylic oxidation sites excluding steroid dienone is 3. The molecule has 3 atom stereocenters. The monoisotopic (exact) mass is 390 g/mol. The number of ether oxygens (including phenoxy) is 2. The van der Waals surface area contributed by atoms with E-state index in [0.29, 0.717) is 5.92 Å². The maximum Gasteiger partial charge on any atom is 0.331 e. The topological polar surface area (TPSA) is 89.9 Å². The molecule has 0 unspecified atom stereocenters. The van der Waals surface area contributed by atoms with Crippen molar-refractivity contribution in [3.05, 3.63) is 48.1 Å². The number of carbonyl (C=O) groups excluding carboxylic acids is 2. The molecule has 6 heteroatoms. The third-order valence-corrected chi connectivity index (χ3v) is 4.22. The van der Waals surface area contributed by atoms with Crippen LogP contribution in [-0.2, 0) is 23.9 Å². The zero-order valence-electron chi connectivity index (χ0n) is 16.8. The van der Waals surface area contributed by atoms with Crippen LogP contribution in [0.25, 0.3) is 0 Å². The maximum absolute atomic E-state index is 12.1. The molecule has 0 aromatic heterocycles. The first-order valence-electron chi connectivity index (χ1n) is 9.69.